The predicted octanol–water partition coefficient (Wildman–Crippen LogP) is 1.74. The summed E-state index contributed by atoms with van der Waals surface area (Å²) in [5.41, 5.74) is -2.06. The molecule has 6 nitrogen and oxygen atoms in total. The van der Waals surface area contributed by atoms with Crippen molar-refractivity contribution in [3.05, 3.63) is 28.1 Å². The topological polar surface area (TPSA) is 81.8 Å². The van der Waals surface area contributed by atoms with Gasteiger partial charge in [-0.15, -0.1) is 0 Å². The third-order valence-electron chi connectivity index (χ3n) is 3.80. The van der Waals surface area contributed by atoms with E-state index in [2.05, 4.69) is 0 Å². The molecule has 20 heavy (non-hydrogen) atoms. The van der Waals surface area contributed by atoms with Gasteiger partial charge in [0.2, 0.25) is 0 Å². The number of nitrogens with zero attached hydrogens (tertiary/aromatic N) is 1. The molecule has 0 aliphatic carbocycles. The van der Waals surface area contributed by atoms with Gasteiger partial charge in [0.1, 0.15) is 5.82 Å². The lowest BCUT2D eigenvalue weighted by Gasteiger charge is -2.32. The van der Waals surface area contributed by atoms with Crippen molar-refractivity contribution in [1.29, 1.82) is 0 Å². The summed E-state index contributed by atoms with van der Waals surface area (Å²) in [6, 6.07) is 1.63. The summed E-state index contributed by atoms with van der Waals surface area (Å²) in [7, 11) is -1.06. The van der Waals surface area contributed by atoms with Gasteiger partial charge in [0.15, 0.2) is 5.75 Å². The second-order valence-electron chi connectivity index (χ2n) is 5.71. The van der Waals surface area contributed by atoms with Crippen LogP contribution >= 0.6 is 0 Å². The zero-order chi connectivity index (χ0) is 15.3. The molecule has 0 unspecified atom stereocenters. The van der Waals surface area contributed by atoms with Crippen molar-refractivity contribution in [3.8, 4) is 5.75 Å². The first-order valence-electron chi connectivity index (χ1n) is 6.07. The Bertz CT molecular complexity index is 559. The molecule has 0 spiro atoms. The van der Waals surface area contributed by atoms with Crippen LogP contribution < -0.4 is 5.46 Å². The van der Waals surface area contributed by atoms with Gasteiger partial charge in [-0.05, 0) is 27.7 Å². The number of hydrogen-bond donors (Lipinski definition) is 1. The van der Waals surface area contributed by atoms with E-state index in [0.29, 0.717) is 6.07 Å². The molecule has 1 heterocycles. The molecule has 0 bridgehead atoms. The van der Waals surface area contributed by atoms with Gasteiger partial charge >= 0.3 is 12.8 Å². The molecule has 8 heteroatoms. The van der Waals surface area contributed by atoms with Crippen LogP contribution in [-0.2, 0) is 9.31 Å². The van der Waals surface area contributed by atoms with E-state index < -0.39 is 40.5 Å². The maximum atomic E-state index is 13.9. The Morgan fingerprint density at radius 3 is 2.20 bits per heavy atom. The molecule has 1 saturated heterocycles. The normalized spacial score (nSPS) is 20.1. The summed E-state index contributed by atoms with van der Waals surface area (Å²) in [6.07, 6.45) is 0. The first kappa shape index (κ1) is 14.7. The minimum absolute atomic E-state index is 0.104. The summed E-state index contributed by atoms with van der Waals surface area (Å²) in [5, 5.41) is 20.2. The van der Waals surface area contributed by atoms with Gasteiger partial charge in [-0.3, -0.25) is 10.1 Å². The molecule has 1 aromatic carbocycles. The highest BCUT2D eigenvalue weighted by atomic mass is 19.1. The van der Waals surface area contributed by atoms with Gasteiger partial charge in [-0.25, -0.2) is 4.39 Å². The molecule has 0 amide bonds. The number of nitro groups is 1. The van der Waals surface area contributed by atoms with Gasteiger partial charge in [-0.2, -0.15) is 0 Å². The van der Waals surface area contributed by atoms with Crippen LogP contribution in [0.15, 0.2) is 12.1 Å². The second-order valence-corrected chi connectivity index (χ2v) is 5.71. The first-order valence-corrected chi connectivity index (χ1v) is 6.07. The summed E-state index contributed by atoms with van der Waals surface area (Å²) >= 11 is 0. The van der Waals surface area contributed by atoms with Crippen molar-refractivity contribution in [1.82, 2.24) is 0 Å². The summed E-state index contributed by atoms with van der Waals surface area (Å²) in [6.45, 7) is 7.17. The number of hydrogen-bond acceptors (Lipinski definition) is 5. The Hall–Kier alpha value is -1.67. The minimum atomic E-state index is -1.06. The maximum absolute atomic E-state index is 13.9. The SMILES string of the molecule is CC1(C)OB(c2cc([N+](=O)[O-])c(O)cc2F)OC1(C)C. The van der Waals surface area contributed by atoms with Crippen molar-refractivity contribution in [2.45, 2.75) is 38.9 Å². The van der Waals surface area contributed by atoms with E-state index in [4.69, 9.17) is 9.31 Å². The van der Waals surface area contributed by atoms with E-state index in [1.807, 2.05) is 0 Å². The molecule has 2 rings (SSSR count). The average Bonchev–Trinajstić information content (AvgIpc) is 2.47. The van der Waals surface area contributed by atoms with E-state index in [1.165, 1.54) is 0 Å². The highest BCUT2D eigenvalue weighted by Crippen LogP contribution is 2.37. The van der Waals surface area contributed by atoms with E-state index >= 15 is 0 Å². The van der Waals surface area contributed by atoms with Gasteiger partial charge < -0.3 is 14.4 Å². The number of halogens is 1. The average molecular weight is 283 g/mol. The largest absolute Gasteiger partial charge is 0.502 e. The zero-order valence-corrected chi connectivity index (χ0v) is 11.6. The highest BCUT2D eigenvalue weighted by Gasteiger charge is 2.52. The fourth-order valence-electron chi connectivity index (χ4n) is 1.86. The summed E-state index contributed by atoms with van der Waals surface area (Å²) in [4.78, 5) is 10.0. The second kappa shape index (κ2) is 4.42. The number of aromatic hydroxyl groups is 1. The molecular formula is C12H15BFNO5. The quantitative estimate of drug-likeness (QED) is 0.508. The number of rotatable bonds is 2. The molecule has 0 aromatic heterocycles. The standard InChI is InChI=1S/C12H15BFNO5/c1-11(2)12(3,4)20-13(19-11)7-5-9(15(17)18)10(16)6-8(7)14/h5-6,16H,1-4H3. The Morgan fingerprint density at radius 2 is 1.75 bits per heavy atom. The number of phenolic OH excluding ortho intramolecular Hbond substituents is 1. The third-order valence-corrected chi connectivity index (χ3v) is 3.80. The van der Waals surface area contributed by atoms with E-state index in [1.54, 1.807) is 27.7 Å². The van der Waals surface area contributed by atoms with Gasteiger partial charge in [0.25, 0.3) is 0 Å². The first-order chi connectivity index (χ1) is 9.05. The molecule has 1 fully saturated rings. The summed E-state index contributed by atoms with van der Waals surface area (Å²) in [5.74, 6) is -1.54. The van der Waals surface area contributed by atoms with Crippen LogP contribution in [0.3, 0.4) is 0 Å². The number of benzene rings is 1. The van der Waals surface area contributed by atoms with Crippen molar-refractivity contribution in [3.63, 3.8) is 0 Å². The molecular weight excluding hydrogens is 268 g/mol. The van der Waals surface area contributed by atoms with Crippen LogP contribution in [-0.4, -0.2) is 28.4 Å². The van der Waals surface area contributed by atoms with E-state index in [9.17, 15) is 19.6 Å². The third kappa shape index (κ3) is 2.25. The van der Waals surface area contributed by atoms with Crippen LogP contribution in [0.1, 0.15) is 27.7 Å². The van der Waals surface area contributed by atoms with Crippen molar-refractivity contribution >= 4 is 18.3 Å². The van der Waals surface area contributed by atoms with Crippen LogP contribution in [0.25, 0.3) is 0 Å². The van der Waals surface area contributed by atoms with Gasteiger partial charge in [-0.1, -0.05) is 0 Å². The number of phenols is 1. The molecule has 0 radical (unpaired) electrons. The van der Waals surface area contributed by atoms with E-state index in [0.717, 1.165) is 6.07 Å². The lowest BCUT2D eigenvalue weighted by molar-refractivity contribution is -0.385. The van der Waals surface area contributed by atoms with Crippen LogP contribution in [0.4, 0.5) is 10.1 Å². The Balaban J connectivity index is 2.45. The lowest BCUT2D eigenvalue weighted by atomic mass is 9.78. The molecule has 0 atom stereocenters. The smallest absolute Gasteiger partial charge is 0.498 e. The Morgan fingerprint density at radius 1 is 1.25 bits per heavy atom. The molecule has 1 aliphatic rings. The van der Waals surface area contributed by atoms with Crippen LogP contribution in [0.2, 0.25) is 0 Å². The summed E-state index contributed by atoms with van der Waals surface area (Å²) < 4.78 is 25.2. The van der Waals surface area contributed by atoms with Crippen molar-refractivity contribution in [2.75, 3.05) is 0 Å². The van der Waals surface area contributed by atoms with Gasteiger partial charge in [0, 0.05) is 17.6 Å². The fourth-order valence-corrected chi connectivity index (χ4v) is 1.86. The van der Waals surface area contributed by atoms with Crippen molar-refractivity contribution < 1.29 is 23.7 Å². The Labute approximate surface area is 115 Å². The monoisotopic (exact) mass is 283 g/mol. The van der Waals surface area contributed by atoms with Crippen molar-refractivity contribution in [2.24, 2.45) is 0 Å². The highest BCUT2D eigenvalue weighted by molar-refractivity contribution is 6.62. The fraction of sp³-hybridized carbons (Fsp3) is 0.500. The molecule has 1 aliphatic heterocycles. The zero-order valence-electron chi connectivity index (χ0n) is 11.6. The molecule has 1 N–H and O–H groups in total. The van der Waals surface area contributed by atoms with Crippen LogP contribution in [0.5, 0.6) is 5.75 Å². The molecule has 0 saturated carbocycles. The van der Waals surface area contributed by atoms with Crippen LogP contribution in [0, 0.1) is 15.9 Å². The predicted molar refractivity (Wildman–Crippen MR) is 70.4 cm³/mol. The molecule has 1 aromatic rings. The Kier molecular flexibility index (Phi) is 3.26. The van der Waals surface area contributed by atoms with Gasteiger partial charge in [0.05, 0.1) is 16.1 Å². The number of nitro benzene ring substituents is 1. The maximum Gasteiger partial charge on any atom is 0.498 e. The lowest BCUT2D eigenvalue weighted by Crippen LogP contribution is -2.41. The minimum Gasteiger partial charge on any atom is -0.502 e. The van der Waals surface area contributed by atoms with E-state index in [-0.39, 0.29) is 5.46 Å². The molecule has 108 valence electrons.